The molecule has 3 atom stereocenters. The van der Waals surface area contributed by atoms with E-state index in [1.165, 1.54) is 0 Å². The zero-order valence-corrected chi connectivity index (χ0v) is 11.7. The molecule has 1 N–H and O–H groups in total. The molecule has 3 nitrogen and oxygen atoms in total. The average Bonchev–Trinajstić information content (AvgIpc) is 2.48. The molecular formula is C17H20O3. The van der Waals surface area contributed by atoms with Crippen molar-refractivity contribution in [2.45, 2.75) is 37.7 Å². The van der Waals surface area contributed by atoms with E-state index in [1.54, 1.807) is 6.92 Å². The van der Waals surface area contributed by atoms with Crippen LogP contribution in [0.1, 0.15) is 37.7 Å². The molecule has 0 aliphatic heterocycles. The van der Waals surface area contributed by atoms with E-state index >= 15 is 0 Å². The van der Waals surface area contributed by atoms with Gasteiger partial charge in [-0.25, -0.2) is 0 Å². The molecule has 0 spiro atoms. The molecule has 1 aliphatic rings. The highest BCUT2D eigenvalue weighted by Crippen LogP contribution is 2.42. The Morgan fingerprint density at radius 2 is 2.20 bits per heavy atom. The van der Waals surface area contributed by atoms with Gasteiger partial charge >= 0.3 is 5.97 Å². The summed E-state index contributed by atoms with van der Waals surface area (Å²) in [6.45, 7) is 2.17. The molecule has 3 heteroatoms. The Morgan fingerprint density at radius 3 is 2.80 bits per heavy atom. The Morgan fingerprint density at radius 1 is 1.50 bits per heavy atom. The van der Waals surface area contributed by atoms with Gasteiger partial charge in [0.05, 0.1) is 12.5 Å². The predicted molar refractivity (Wildman–Crippen MR) is 76.9 cm³/mol. The van der Waals surface area contributed by atoms with E-state index in [0.29, 0.717) is 25.9 Å². The van der Waals surface area contributed by atoms with Crippen LogP contribution in [0, 0.1) is 18.3 Å². The third kappa shape index (κ3) is 3.02. The van der Waals surface area contributed by atoms with Gasteiger partial charge in [0.15, 0.2) is 0 Å². The number of benzene rings is 1. The molecule has 1 aromatic carbocycles. The Hall–Kier alpha value is -1.79. The lowest BCUT2D eigenvalue weighted by Gasteiger charge is -2.38. The van der Waals surface area contributed by atoms with E-state index in [-0.39, 0.29) is 17.8 Å². The molecule has 0 saturated heterocycles. The Bertz CT molecular complexity index is 503. The number of rotatable bonds is 3. The fourth-order valence-electron chi connectivity index (χ4n) is 2.92. The average molecular weight is 272 g/mol. The zero-order chi connectivity index (χ0) is 14.6. The van der Waals surface area contributed by atoms with Crippen LogP contribution in [0.2, 0.25) is 0 Å². The maximum atomic E-state index is 12.1. The molecule has 0 radical (unpaired) electrons. The van der Waals surface area contributed by atoms with E-state index in [9.17, 15) is 9.90 Å². The minimum atomic E-state index is -1.12. The van der Waals surface area contributed by atoms with Crippen molar-refractivity contribution < 1.29 is 14.6 Å². The van der Waals surface area contributed by atoms with E-state index in [0.717, 1.165) is 5.56 Å². The summed E-state index contributed by atoms with van der Waals surface area (Å²) in [6.07, 6.45) is 6.84. The Balaban J connectivity index is 2.28. The van der Waals surface area contributed by atoms with Crippen LogP contribution in [-0.2, 0) is 9.53 Å². The van der Waals surface area contributed by atoms with Gasteiger partial charge in [-0.2, -0.15) is 0 Å². The van der Waals surface area contributed by atoms with Crippen molar-refractivity contribution in [3.63, 3.8) is 0 Å². The number of aliphatic hydroxyl groups is 1. The normalized spacial score (nSPS) is 29.4. The van der Waals surface area contributed by atoms with Gasteiger partial charge in [0.1, 0.15) is 5.60 Å². The monoisotopic (exact) mass is 272 g/mol. The first-order valence-corrected chi connectivity index (χ1v) is 7.01. The quantitative estimate of drug-likeness (QED) is 0.679. The highest BCUT2D eigenvalue weighted by molar-refractivity contribution is 5.74. The SMILES string of the molecule is C#C[C@]1(O)CC[C@@H](C(=O)OCC)[C@H](c2ccccc2)C1. The fourth-order valence-corrected chi connectivity index (χ4v) is 2.92. The smallest absolute Gasteiger partial charge is 0.309 e. The van der Waals surface area contributed by atoms with Crippen LogP contribution in [0.5, 0.6) is 0 Å². The number of carbonyl (C=O) groups excluding carboxylic acids is 1. The lowest BCUT2D eigenvalue weighted by Crippen LogP contribution is -2.40. The molecule has 0 unspecified atom stereocenters. The van der Waals surface area contributed by atoms with Gasteiger partial charge in [0.2, 0.25) is 0 Å². The highest BCUT2D eigenvalue weighted by Gasteiger charge is 2.42. The van der Waals surface area contributed by atoms with Gasteiger partial charge in [-0.15, -0.1) is 6.42 Å². The summed E-state index contributed by atoms with van der Waals surface area (Å²) < 4.78 is 5.16. The van der Waals surface area contributed by atoms with Crippen LogP contribution in [0.25, 0.3) is 0 Å². The van der Waals surface area contributed by atoms with Crippen LogP contribution >= 0.6 is 0 Å². The Labute approximate surface area is 120 Å². The number of ether oxygens (including phenoxy) is 1. The van der Waals surface area contributed by atoms with Gasteiger partial charge in [0, 0.05) is 5.92 Å². The molecule has 0 bridgehead atoms. The van der Waals surface area contributed by atoms with Gasteiger partial charge < -0.3 is 9.84 Å². The maximum Gasteiger partial charge on any atom is 0.309 e. The summed E-state index contributed by atoms with van der Waals surface area (Å²) in [4.78, 5) is 12.1. The van der Waals surface area contributed by atoms with Crippen LogP contribution in [0.4, 0.5) is 0 Å². The summed E-state index contributed by atoms with van der Waals surface area (Å²) >= 11 is 0. The first-order chi connectivity index (χ1) is 9.59. The van der Waals surface area contributed by atoms with Gasteiger partial charge in [-0.05, 0) is 31.7 Å². The second-order valence-electron chi connectivity index (χ2n) is 5.29. The molecule has 20 heavy (non-hydrogen) atoms. The van der Waals surface area contributed by atoms with Crippen LogP contribution in [0.3, 0.4) is 0 Å². The second kappa shape index (κ2) is 6.11. The summed E-state index contributed by atoms with van der Waals surface area (Å²) in [6, 6.07) is 9.74. The number of carbonyl (C=O) groups is 1. The minimum absolute atomic E-state index is 0.0925. The third-order valence-corrected chi connectivity index (χ3v) is 4.00. The minimum Gasteiger partial charge on any atom is -0.466 e. The van der Waals surface area contributed by atoms with Crippen molar-refractivity contribution in [3.05, 3.63) is 35.9 Å². The fraction of sp³-hybridized carbons (Fsp3) is 0.471. The van der Waals surface area contributed by atoms with Crippen molar-refractivity contribution in [2.75, 3.05) is 6.61 Å². The molecular weight excluding hydrogens is 252 g/mol. The predicted octanol–water partition coefficient (Wildman–Crippen LogP) is 2.50. The van der Waals surface area contributed by atoms with E-state index in [1.807, 2.05) is 30.3 Å². The van der Waals surface area contributed by atoms with E-state index in [4.69, 9.17) is 11.2 Å². The van der Waals surface area contributed by atoms with E-state index < -0.39 is 5.60 Å². The molecule has 1 aliphatic carbocycles. The molecule has 0 heterocycles. The molecule has 0 aromatic heterocycles. The first-order valence-electron chi connectivity index (χ1n) is 7.01. The molecule has 1 aromatic rings. The first kappa shape index (κ1) is 14.6. The highest BCUT2D eigenvalue weighted by atomic mass is 16.5. The molecule has 1 fully saturated rings. The second-order valence-corrected chi connectivity index (χ2v) is 5.29. The maximum absolute atomic E-state index is 12.1. The molecule has 2 rings (SSSR count). The lowest BCUT2D eigenvalue weighted by molar-refractivity contribution is -0.151. The molecule has 1 saturated carbocycles. The van der Waals surface area contributed by atoms with Crippen LogP contribution < -0.4 is 0 Å². The van der Waals surface area contributed by atoms with Crippen molar-refractivity contribution >= 4 is 5.97 Å². The number of terminal acetylenes is 1. The van der Waals surface area contributed by atoms with Gasteiger partial charge in [-0.3, -0.25) is 4.79 Å². The lowest BCUT2D eigenvalue weighted by atomic mass is 9.69. The summed E-state index contributed by atoms with van der Waals surface area (Å²) in [5, 5.41) is 10.4. The third-order valence-electron chi connectivity index (χ3n) is 4.00. The van der Waals surface area contributed by atoms with Crippen LogP contribution in [-0.4, -0.2) is 23.3 Å². The van der Waals surface area contributed by atoms with Crippen molar-refractivity contribution in [1.82, 2.24) is 0 Å². The standard InChI is InChI=1S/C17H20O3/c1-3-17(19)11-10-14(16(18)20-4-2)15(12-17)13-8-6-5-7-9-13/h1,5-9,14-15,19H,4,10-12H2,2H3/t14-,15+,17+/m1/s1. The zero-order valence-electron chi connectivity index (χ0n) is 11.7. The van der Waals surface area contributed by atoms with E-state index in [2.05, 4.69) is 5.92 Å². The summed E-state index contributed by atoms with van der Waals surface area (Å²) in [7, 11) is 0. The summed E-state index contributed by atoms with van der Waals surface area (Å²) in [5.74, 6) is 1.96. The number of hydrogen-bond acceptors (Lipinski definition) is 3. The van der Waals surface area contributed by atoms with Crippen molar-refractivity contribution in [3.8, 4) is 12.3 Å². The topological polar surface area (TPSA) is 46.5 Å². The van der Waals surface area contributed by atoms with Gasteiger partial charge in [-0.1, -0.05) is 36.3 Å². The van der Waals surface area contributed by atoms with Crippen LogP contribution in [0.15, 0.2) is 30.3 Å². The number of esters is 1. The summed E-state index contributed by atoms with van der Waals surface area (Å²) in [5.41, 5.74) is -0.0947. The molecule has 106 valence electrons. The van der Waals surface area contributed by atoms with Crippen molar-refractivity contribution in [1.29, 1.82) is 0 Å². The number of hydrogen-bond donors (Lipinski definition) is 1. The largest absolute Gasteiger partial charge is 0.466 e. The Kier molecular flexibility index (Phi) is 4.46. The van der Waals surface area contributed by atoms with Crippen molar-refractivity contribution in [2.24, 2.45) is 5.92 Å². The molecule has 0 amide bonds. The van der Waals surface area contributed by atoms with Gasteiger partial charge in [0.25, 0.3) is 0 Å².